The SMILES string of the molecule is COc1ncc(C2=CCCNC2)cn1. The molecule has 1 aliphatic heterocycles. The second-order valence-electron chi connectivity index (χ2n) is 3.15. The van der Waals surface area contributed by atoms with Crippen LogP contribution in [0.1, 0.15) is 12.0 Å². The summed E-state index contributed by atoms with van der Waals surface area (Å²) in [6.07, 6.45) is 6.89. The molecule has 0 saturated carbocycles. The predicted molar refractivity (Wildman–Crippen MR) is 54.0 cm³/mol. The Morgan fingerprint density at radius 3 is 2.71 bits per heavy atom. The minimum Gasteiger partial charge on any atom is -0.467 e. The van der Waals surface area contributed by atoms with Crippen LogP contribution in [-0.2, 0) is 0 Å². The minimum absolute atomic E-state index is 0.415. The van der Waals surface area contributed by atoms with Crippen molar-refractivity contribution < 1.29 is 4.74 Å². The van der Waals surface area contributed by atoms with E-state index in [-0.39, 0.29) is 0 Å². The molecule has 0 radical (unpaired) electrons. The lowest BCUT2D eigenvalue weighted by molar-refractivity contribution is 0.379. The van der Waals surface area contributed by atoms with E-state index in [4.69, 9.17) is 4.74 Å². The third-order valence-electron chi connectivity index (χ3n) is 2.21. The Hall–Kier alpha value is -1.42. The van der Waals surface area contributed by atoms with Crippen molar-refractivity contribution in [3.8, 4) is 6.01 Å². The predicted octanol–water partition coefficient (Wildman–Crippen LogP) is 0.862. The van der Waals surface area contributed by atoms with Gasteiger partial charge in [-0.3, -0.25) is 0 Å². The Morgan fingerprint density at radius 1 is 1.36 bits per heavy atom. The first kappa shape index (κ1) is 9.15. The monoisotopic (exact) mass is 191 g/mol. The molecule has 2 rings (SSSR count). The van der Waals surface area contributed by atoms with Crippen molar-refractivity contribution in [3.05, 3.63) is 24.0 Å². The molecule has 0 bridgehead atoms. The zero-order valence-corrected chi connectivity index (χ0v) is 8.16. The summed E-state index contributed by atoms with van der Waals surface area (Å²) in [5.41, 5.74) is 2.33. The number of hydrogen-bond donors (Lipinski definition) is 1. The summed E-state index contributed by atoms with van der Waals surface area (Å²) in [5.74, 6) is 0. The highest BCUT2D eigenvalue weighted by molar-refractivity contribution is 5.66. The first-order valence-corrected chi connectivity index (χ1v) is 4.66. The molecule has 0 saturated heterocycles. The summed E-state index contributed by atoms with van der Waals surface area (Å²) in [5, 5.41) is 3.31. The third kappa shape index (κ3) is 1.90. The minimum atomic E-state index is 0.415. The lowest BCUT2D eigenvalue weighted by atomic mass is 10.1. The third-order valence-corrected chi connectivity index (χ3v) is 2.21. The van der Waals surface area contributed by atoms with Crippen LogP contribution in [-0.4, -0.2) is 30.2 Å². The van der Waals surface area contributed by atoms with E-state index < -0.39 is 0 Å². The molecule has 0 aromatic carbocycles. The molecule has 0 spiro atoms. The first-order chi connectivity index (χ1) is 6.90. The maximum absolute atomic E-state index is 4.90. The number of ether oxygens (including phenoxy) is 1. The van der Waals surface area contributed by atoms with Gasteiger partial charge in [0.15, 0.2) is 0 Å². The standard InChI is InChI=1S/C10H13N3O/c1-14-10-12-6-9(7-13-10)8-3-2-4-11-5-8/h3,6-7,11H,2,4-5H2,1H3. The van der Waals surface area contributed by atoms with E-state index in [1.807, 2.05) is 0 Å². The fourth-order valence-electron chi connectivity index (χ4n) is 1.45. The summed E-state index contributed by atoms with van der Waals surface area (Å²) in [6, 6.07) is 0.415. The van der Waals surface area contributed by atoms with Crippen LogP contribution >= 0.6 is 0 Å². The van der Waals surface area contributed by atoms with Crippen LogP contribution in [0.4, 0.5) is 0 Å². The topological polar surface area (TPSA) is 47.0 Å². The summed E-state index contributed by atoms with van der Waals surface area (Å²) in [6.45, 7) is 1.95. The summed E-state index contributed by atoms with van der Waals surface area (Å²) in [7, 11) is 1.57. The van der Waals surface area contributed by atoms with Crippen LogP contribution in [0.3, 0.4) is 0 Å². The van der Waals surface area contributed by atoms with Gasteiger partial charge in [-0.1, -0.05) is 6.08 Å². The number of nitrogens with one attached hydrogen (secondary N) is 1. The van der Waals surface area contributed by atoms with Gasteiger partial charge >= 0.3 is 6.01 Å². The van der Waals surface area contributed by atoms with Crippen molar-refractivity contribution >= 4 is 5.57 Å². The van der Waals surface area contributed by atoms with E-state index in [1.54, 1.807) is 19.5 Å². The molecule has 0 aliphatic carbocycles. The van der Waals surface area contributed by atoms with Gasteiger partial charge in [0.2, 0.25) is 0 Å². The van der Waals surface area contributed by atoms with Crippen LogP contribution in [0.5, 0.6) is 6.01 Å². The Bertz CT molecular complexity index is 332. The molecule has 4 heteroatoms. The second kappa shape index (κ2) is 4.19. The Morgan fingerprint density at radius 2 is 2.14 bits per heavy atom. The quantitative estimate of drug-likeness (QED) is 0.753. The van der Waals surface area contributed by atoms with Crippen molar-refractivity contribution in [2.24, 2.45) is 0 Å². The van der Waals surface area contributed by atoms with E-state index in [9.17, 15) is 0 Å². The summed E-state index contributed by atoms with van der Waals surface area (Å²) < 4.78 is 4.90. The van der Waals surface area contributed by atoms with Crippen LogP contribution in [0, 0.1) is 0 Å². The molecule has 14 heavy (non-hydrogen) atoms. The summed E-state index contributed by atoms with van der Waals surface area (Å²) >= 11 is 0. The van der Waals surface area contributed by atoms with E-state index in [2.05, 4.69) is 21.4 Å². The first-order valence-electron chi connectivity index (χ1n) is 4.66. The van der Waals surface area contributed by atoms with E-state index in [1.165, 1.54) is 5.57 Å². The zero-order chi connectivity index (χ0) is 9.80. The average molecular weight is 191 g/mol. The van der Waals surface area contributed by atoms with Gasteiger partial charge in [-0.2, -0.15) is 0 Å². The fourth-order valence-corrected chi connectivity index (χ4v) is 1.45. The van der Waals surface area contributed by atoms with Crippen molar-refractivity contribution in [1.29, 1.82) is 0 Å². The van der Waals surface area contributed by atoms with Gasteiger partial charge in [0.1, 0.15) is 0 Å². The van der Waals surface area contributed by atoms with E-state index >= 15 is 0 Å². The molecule has 74 valence electrons. The van der Waals surface area contributed by atoms with Gasteiger partial charge in [0.25, 0.3) is 0 Å². The van der Waals surface area contributed by atoms with Gasteiger partial charge in [-0.25, -0.2) is 9.97 Å². The fraction of sp³-hybridized carbons (Fsp3) is 0.400. The molecule has 1 aromatic rings. The van der Waals surface area contributed by atoms with Gasteiger partial charge in [0, 0.05) is 24.5 Å². The highest BCUT2D eigenvalue weighted by Crippen LogP contribution is 2.15. The van der Waals surface area contributed by atoms with Gasteiger partial charge in [-0.05, 0) is 18.5 Å². The van der Waals surface area contributed by atoms with Crippen LogP contribution in [0.15, 0.2) is 18.5 Å². The van der Waals surface area contributed by atoms with E-state index in [0.29, 0.717) is 6.01 Å². The van der Waals surface area contributed by atoms with Crippen LogP contribution < -0.4 is 10.1 Å². The van der Waals surface area contributed by atoms with Crippen molar-refractivity contribution in [1.82, 2.24) is 15.3 Å². The van der Waals surface area contributed by atoms with Gasteiger partial charge in [-0.15, -0.1) is 0 Å². The molecular formula is C10H13N3O. The molecule has 0 fully saturated rings. The van der Waals surface area contributed by atoms with Crippen LogP contribution in [0.2, 0.25) is 0 Å². The molecule has 4 nitrogen and oxygen atoms in total. The number of methoxy groups -OCH3 is 1. The molecule has 0 atom stereocenters. The lowest BCUT2D eigenvalue weighted by Gasteiger charge is -2.13. The highest BCUT2D eigenvalue weighted by atomic mass is 16.5. The molecule has 0 amide bonds. The van der Waals surface area contributed by atoms with Crippen LogP contribution in [0.25, 0.3) is 5.57 Å². The molecule has 1 aliphatic rings. The van der Waals surface area contributed by atoms with Gasteiger partial charge in [0.05, 0.1) is 7.11 Å². The van der Waals surface area contributed by atoms with E-state index in [0.717, 1.165) is 25.1 Å². The molecule has 1 N–H and O–H groups in total. The second-order valence-corrected chi connectivity index (χ2v) is 3.15. The normalized spacial score (nSPS) is 16.2. The lowest BCUT2D eigenvalue weighted by Crippen LogP contribution is -2.21. The Labute approximate surface area is 83.0 Å². The van der Waals surface area contributed by atoms with Crippen molar-refractivity contribution in [2.45, 2.75) is 6.42 Å². The molecular weight excluding hydrogens is 178 g/mol. The van der Waals surface area contributed by atoms with Crippen molar-refractivity contribution in [3.63, 3.8) is 0 Å². The molecule has 2 heterocycles. The Balaban J connectivity index is 2.19. The number of rotatable bonds is 2. The number of hydrogen-bond acceptors (Lipinski definition) is 4. The largest absolute Gasteiger partial charge is 0.467 e. The number of nitrogens with zero attached hydrogens (tertiary/aromatic N) is 2. The maximum atomic E-state index is 4.90. The zero-order valence-electron chi connectivity index (χ0n) is 8.16. The average Bonchev–Trinajstić information content (AvgIpc) is 2.30. The smallest absolute Gasteiger partial charge is 0.316 e. The van der Waals surface area contributed by atoms with Crippen molar-refractivity contribution in [2.75, 3.05) is 20.2 Å². The van der Waals surface area contributed by atoms with Gasteiger partial charge < -0.3 is 10.1 Å². The maximum Gasteiger partial charge on any atom is 0.316 e. The molecule has 1 aromatic heterocycles. The molecule has 0 unspecified atom stereocenters. The number of aromatic nitrogens is 2. The summed E-state index contributed by atoms with van der Waals surface area (Å²) in [4.78, 5) is 8.14. The highest BCUT2D eigenvalue weighted by Gasteiger charge is 2.06. The Kier molecular flexibility index (Phi) is 2.74.